The molecule has 146 valence electrons. The Morgan fingerprint density at radius 1 is 1.11 bits per heavy atom. The third kappa shape index (κ3) is 3.84. The molecule has 4 saturated carbocycles. The van der Waals surface area contributed by atoms with Crippen LogP contribution in [0.3, 0.4) is 0 Å². The summed E-state index contributed by atoms with van der Waals surface area (Å²) in [6.07, 6.45) is 6.65. The summed E-state index contributed by atoms with van der Waals surface area (Å²) < 4.78 is 0. The molecule has 5 rings (SSSR count). The number of thiazole rings is 1. The van der Waals surface area contributed by atoms with Crippen molar-refractivity contribution in [3.05, 3.63) is 11.1 Å². The molecule has 0 aromatic carbocycles. The lowest BCUT2D eigenvalue weighted by Gasteiger charge is -2.55. The van der Waals surface area contributed by atoms with Crippen LogP contribution in [0.25, 0.3) is 0 Å². The number of hydroxylamine groups is 1. The first-order chi connectivity index (χ1) is 13.0. The standard InChI is InChI=1S/C18H24N4O4S/c23-14(22-26)4-13-9-27-17(20-13)21-15(24)8-19-16(25)18-5-10-1-11(6-18)3-12(2-10)7-18/h9-12,26H,1-8H2,(H,19,25)(H,22,23)(H,20,21,24). The second kappa shape index (κ2) is 7.20. The third-order valence-electron chi connectivity index (χ3n) is 6.19. The largest absolute Gasteiger partial charge is 0.347 e. The smallest absolute Gasteiger partial charge is 0.249 e. The molecule has 4 bridgehead atoms. The minimum atomic E-state index is -0.569. The van der Waals surface area contributed by atoms with E-state index in [1.807, 2.05) is 0 Å². The summed E-state index contributed by atoms with van der Waals surface area (Å²) in [6.45, 7) is -0.0768. The van der Waals surface area contributed by atoms with Gasteiger partial charge in [0.15, 0.2) is 5.13 Å². The summed E-state index contributed by atoms with van der Waals surface area (Å²) in [5, 5.41) is 16.0. The normalized spacial score (nSPS) is 30.8. The Hall–Kier alpha value is -2.00. The Bertz CT molecular complexity index is 727. The molecule has 8 nitrogen and oxygen atoms in total. The van der Waals surface area contributed by atoms with Gasteiger partial charge in [0.2, 0.25) is 17.7 Å². The Morgan fingerprint density at radius 3 is 2.33 bits per heavy atom. The molecule has 4 N–H and O–H groups in total. The zero-order valence-corrected chi connectivity index (χ0v) is 15.8. The molecule has 0 unspecified atom stereocenters. The van der Waals surface area contributed by atoms with Gasteiger partial charge in [0.25, 0.3) is 0 Å². The van der Waals surface area contributed by atoms with Crippen LogP contribution in [0.2, 0.25) is 0 Å². The number of carbonyl (C=O) groups excluding carboxylic acids is 3. The molecule has 1 aromatic heterocycles. The first-order valence-electron chi connectivity index (χ1n) is 9.41. The molecule has 4 aliphatic rings. The van der Waals surface area contributed by atoms with Gasteiger partial charge >= 0.3 is 0 Å². The highest BCUT2D eigenvalue weighted by atomic mass is 32.1. The number of carbonyl (C=O) groups is 3. The molecule has 0 saturated heterocycles. The van der Waals surface area contributed by atoms with E-state index in [2.05, 4.69) is 15.6 Å². The van der Waals surface area contributed by atoms with Crippen LogP contribution in [-0.4, -0.2) is 34.5 Å². The Labute approximate surface area is 161 Å². The molecule has 0 radical (unpaired) electrons. The average Bonchev–Trinajstić information content (AvgIpc) is 3.05. The van der Waals surface area contributed by atoms with E-state index >= 15 is 0 Å². The number of amides is 3. The van der Waals surface area contributed by atoms with Crippen LogP contribution in [0.5, 0.6) is 0 Å². The fraction of sp³-hybridized carbons (Fsp3) is 0.667. The predicted molar refractivity (Wildman–Crippen MR) is 98.0 cm³/mol. The summed E-state index contributed by atoms with van der Waals surface area (Å²) in [5.74, 6) is 1.17. The fourth-order valence-corrected chi connectivity index (χ4v) is 6.28. The van der Waals surface area contributed by atoms with E-state index < -0.39 is 5.91 Å². The van der Waals surface area contributed by atoms with Crippen LogP contribution >= 0.6 is 11.3 Å². The van der Waals surface area contributed by atoms with Crippen molar-refractivity contribution in [3.63, 3.8) is 0 Å². The van der Waals surface area contributed by atoms with Crippen molar-refractivity contribution in [2.75, 3.05) is 11.9 Å². The molecule has 27 heavy (non-hydrogen) atoms. The molecule has 0 atom stereocenters. The Kier molecular flexibility index (Phi) is 4.90. The van der Waals surface area contributed by atoms with Gasteiger partial charge in [-0.2, -0.15) is 0 Å². The van der Waals surface area contributed by atoms with Crippen molar-refractivity contribution in [1.82, 2.24) is 15.8 Å². The minimum Gasteiger partial charge on any atom is -0.347 e. The first-order valence-corrected chi connectivity index (χ1v) is 10.3. The lowest BCUT2D eigenvalue weighted by Crippen LogP contribution is -2.54. The number of hydrogen-bond acceptors (Lipinski definition) is 6. The molecule has 1 heterocycles. The van der Waals surface area contributed by atoms with E-state index in [1.54, 1.807) is 10.9 Å². The monoisotopic (exact) mass is 392 g/mol. The maximum absolute atomic E-state index is 12.8. The second-order valence-corrected chi connectivity index (χ2v) is 9.14. The first kappa shape index (κ1) is 18.4. The van der Waals surface area contributed by atoms with Gasteiger partial charge < -0.3 is 10.6 Å². The van der Waals surface area contributed by atoms with E-state index in [1.165, 1.54) is 30.6 Å². The maximum atomic E-state index is 12.8. The summed E-state index contributed by atoms with van der Waals surface area (Å²) in [5.41, 5.74) is 1.74. The van der Waals surface area contributed by atoms with Crippen LogP contribution in [0.1, 0.15) is 44.2 Å². The molecule has 4 aliphatic carbocycles. The number of aromatic nitrogens is 1. The molecule has 0 aliphatic heterocycles. The van der Waals surface area contributed by atoms with Crippen molar-refractivity contribution in [3.8, 4) is 0 Å². The van der Waals surface area contributed by atoms with E-state index in [9.17, 15) is 14.4 Å². The van der Waals surface area contributed by atoms with E-state index in [0.29, 0.717) is 28.6 Å². The van der Waals surface area contributed by atoms with Crippen LogP contribution in [0.4, 0.5) is 5.13 Å². The van der Waals surface area contributed by atoms with Gasteiger partial charge in [-0.15, -0.1) is 11.3 Å². The summed E-state index contributed by atoms with van der Waals surface area (Å²) >= 11 is 1.19. The highest BCUT2D eigenvalue weighted by Crippen LogP contribution is 2.60. The predicted octanol–water partition coefficient (Wildman–Crippen LogP) is 1.46. The lowest BCUT2D eigenvalue weighted by atomic mass is 9.49. The zero-order valence-electron chi connectivity index (χ0n) is 15.0. The number of anilines is 1. The molecule has 0 spiro atoms. The molecule has 9 heteroatoms. The SMILES string of the molecule is O=C(Cc1csc(NC(=O)CNC(=O)C23CC4CC(CC(C4)C2)C3)n1)NO. The van der Waals surface area contributed by atoms with Crippen molar-refractivity contribution in [2.24, 2.45) is 23.2 Å². The number of hydrogen-bond donors (Lipinski definition) is 4. The van der Waals surface area contributed by atoms with Crippen LogP contribution in [0, 0.1) is 23.2 Å². The zero-order chi connectivity index (χ0) is 19.0. The summed E-state index contributed by atoms with van der Waals surface area (Å²) in [4.78, 5) is 40.2. The third-order valence-corrected chi connectivity index (χ3v) is 7.00. The molecule has 1 aromatic rings. The van der Waals surface area contributed by atoms with Gasteiger partial charge in [-0.05, 0) is 56.3 Å². The van der Waals surface area contributed by atoms with Crippen LogP contribution < -0.4 is 16.1 Å². The second-order valence-electron chi connectivity index (χ2n) is 8.28. The number of nitrogens with zero attached hydrogens (tertiary/aromatic N) is 1. The lowest BCUT2D eigenvalue weighted by molar-refractivity contribution is -0.146. The topological polar surface area (TPSA) is 120 Å². The molecule has 4 fully saturated rings. The Balaban J connectivity index is 1.28. The van der Waals surface area contributed by atoms with Crippen LogP contribution in [-0.2, 0) is 20.8 Å². The summed E-state index contributed by atoms with van der Waals surface area (Å²) in [6, 6.07) is 0. The van der Waals surface area contributed by atoms with Gasteiger partial charge in [0, 0.05) is 10.8 Å². The molecular weight excluding hydrogens is 368 g/mol. The average molecular weight is 392 g/mol. The van der Waals surface area contributed by atoms with E-state index in [-0.39, 0.29) is 30.2 Å². The van der Waals surface area contributed by atoms with Crippen molar-refractivity contribution >= 4 is 34.2 Å². The van der Waals surface area contributed by atoms with Gasteiger partial charge in [-0.25, -0.2) is 10.5 Å². The number of rotatable bonds is 6. The highest BCUT2D eigenvalue weighted by molar-refractivity contribution is 7.13. The Morgan fingerprint density at radius 2 is 1.74 bits per heavy atom. The molecule has 3 amide bonds. The van der Waals surface area contributed by atoms with Gasteiger partial charge in [-0.3, -0.25) is 19.6 Å². The van der Waals surface area contributed by atoms with Gasteiger partial charge in [0.1, 0.15) is 0 Å². The summed E-state index contributed by atoms with van der Waals surface area (Å²) in [7, 11) is 0. The molecular formula is C18H24N4O4S. The van der Waals surface area contributed by atoms with E-state index in [4.69, 9.17) is 5.21 Å². The van der Waals surface area contributed by atoms with Gasteiger partial charge in [-0.1, -0.05) is 0 Å². The quantitative estimate of drug-likeness (QED) is 0.431. The van der Waals surface area contributed by atoms with Crippen molar-refractivity contribution in [2.45, 2.75) is 44.9 Å². The van der Waals surface area contributed by atoms with Gasteiger partial charge in [0.05, 0.1) is 18.7 Å². The van der Waals surface area contributed by atoms with Crippen molar-refractivity contribution in [1.29, 1.82) is 0 Å². The number of nitrogens with one attached hydrogen (secondary N) is 3. The van der Waals surface area contributed by atoms with E-state index in [0.717, 1.165) is 19.3 Å². The van der Waals surface area contributed by atoms with Crippen LogP contribution in [0.15, 0.2) is 5.38 Å². The maximum Gasteiger partial charge on any atom is 0.249 e. The fourth-order valence-electron chi connectivity index (χ4n) is 5.55. The minimum absolute atomic E-state index is 0.0243. The highest BCUT2D eigenvalue weighted by Gasteiger charge is 2.54. The van der Waals surface area contributed by atoms with Crippen molar-refractivity contribution < 1.29 is 19.6 Å².